The largest absolute Gasteiger partial charge is 0.428 e. The van der Waals surface area contributed by atoms with Crippen molar-refractivity contribution in [3.63, 3.8) is 0 Å². The lowest BCUT2D eigenvalue weighted by atomic mass is 10.3. The van der Waals surface area contributed by atoms with Gasteiger partial charge in [0.15, 0.2) is 0 Å². The predicted molar refractivity (Wildman–Crippen MR) is 52.9 cm³/mol. The van der Waals surface area contributed by atoms with E-state index < -0.39 is 0 Å². The summed E-state index contributed by atoms with van der Waals surface area (Å²) < 4.78 is 5.08. The fourth-order valence-corrected chi connectivity index (χ4v) is 1.21. The smallest absolute Gasteiger partial charge is 0.145 e. The molecule has 0 radical (unpaired) electrons. The van der Waals surface area contributed by atoms with Gasteiger partial charge in [-0.2, -0.15) is 0 Å². The SMILES string of the molecule is CCCCNCCCCO[SiH3]. The molecule has 0 aromatic rings. The van der Waals surface area contributed by atoms with Crippen LogP contribution in [0, 0.1) is 0 Å². The Kier molecular flexibility index (Phi) is 10.3. The maximum absolute atomic E-state index is 5.08. The van der Waals surface area contributed by atoms with Crippen LogP contribution in [0.4, 0.5) is 0 Å². The van der Waals surface area contributed by atoms with Crippen LogP contribution in [0.2, 0.25) is 0 Å². The number of hydrogen-bond donors (Lipinski definition) is 1. The van der Waals surface area contributed by atoms with Crippen molar-refractivity contribution < 1.29 is 4.43 Å². The van der Waals surface area contributed by atoms with E-state index in [4.69, 9.17) is 4.43 Å². The summed E-state index contributed by atoms with van der Waals surface area (Å²) in [6.45, 7) is 5.52. The monoisotopic (exact) mass is 175 g/mol. The van der Waals surface area contributed by atoms with Crippen LogP contribution in [-0.2, 0) is 4.43 Å². The zero-order chi connectivity index (χ0) is 8.36. The fraction of sp³-hybridized carbons (Fsp3) is 1.00. The van der Waals surface area contributed by atoms with Crippen molar-refractivity contribution in [2.75, 3.05) is 19.7 Å². The Morgan fingerprint density at radius 1 is 1.18 bits per heavy atom. The van der Waals surface area contributed by atoms with Gasteiger partial charge < -0.3 is 9.74 Å². The molecular formula is C8H21NOSi. The van der Waals surface area contributed by atoms with Gasteiger partial charge in [0.2, 0.25) is 0 Å². The van der Waals surface area contributed by atoms with Gasteiger partial charge in [0, 0.05) is 6.61 Å². The molecule has 3 heteroatoms. The van der Waals surface area contributed by atoms with E-state index in [-0.39, 0.29) is 0 Å². The van der Waals surface area contributed by atoms with Crippen LogP contribution in [0.1, 0.15) is 32.6 Å². The van der Waals surface area contributed by atoms with Gasteiger partial charge in [-0.05, 0) is 32.4 Å². The van der Waals surface area contributed by atoms with Gasteiger partial charge in [-0.3, -0.25) is 0 Å². The minimum atomic E-state index is 0.889. The third kappa shape index (κ3) is 10.1. The van der Waals surface area contributed by atoms with E-state index in [1.54, 1.807) is 0 Å². The lowest BCUT2D eigenvalue weighted by Crippen LogP contribution is -2.16. The Morgan fingerprint density at radius 3 is 2.55 bits per heavy atom. The van der Waals surface area contributed by atoms with Gasteiger partial charge in [-0.1, -0.05) is 13.3 Å². The minimum absolute atomic E-state index is 0.889. The van der Waals surface area contributed by atoms with Crippen LogP contribution in [0.25, 0.3) is 0 Å². The van der Waals surface area contributed by atoms with Crippen LogP contribution in [0.15, 0.2) is 0 Å². The number of hydrogen-bond acceptors (Lipinski definition) is 2. The molecule has 0 unspecified atom stereocenters. The highest BCUT2D eigenvalue weighted by Gasteiger charge is 1.87. The summed E-state index contributed by atoms with van der Waals surface area (Å²) in [6.07, 6.45) is 5.06. The summed E-state index contributed by atoms with van der Waals surface area (Å²) in [5.41, 5.74) is 0. The molecule has 0 aliphatic heterocycles. The van der Waals surface area contributed by atoms with Crippen molar-refractivity contribution in [1.82, 2.24) is 5.32 Å². The van der Waals surface area contributed by atoms with Crippen LogP contribution in [0.5, 0.6) is 0 Å². The topological polar surface area (TPSA) is 21.3 Å². The van der Waals surface area contributed by atoms with Gasteiger partial charge in [-0.15, -0.1) is 0 Å². The van der Waals surface area contributed by atoms with Crippen molar-refractivity contribution >= 4 is 10.5 Å². The molecule has 0 aliphatic rings. The molecule has 0 saturated heterocycles. The highest BCUT2D eigenvalue weighted by atomic mass is 28.2. The highest BCUT2D eigenvalue weighted by molar-refractivity contribution is 5.97. The average molecular weight is 175 g/mol. The molecule has 0 heterocycles. The van der Waals surface area contributed by atoms with Crippen LogP contribution in [-0.4, -0.2) is 30.2 Å². The van der Waals surface area contributed by atoms with Gasteiger partial charge in [0.25, 0.3) is 0 Å². The maximum Gasteiger partial charge on any atom is 0.145 e. The molecule has 0 spiro atoms. The molecule has 1 N–H and O–H groups in total. The molecule has 0 aromatic heterocycles. The van der Waals surface area contributed by atoms with E-state index in [9.17, 15) is 0 Å². The molecule has 2 nitrogen and oxygen atoms in total. The second-order valence-corrected chi connectivity index (χ2v) is 3.38. The minimum Gasteiger partial charge on any atom is -0.428 e. The summed E-state index contributed by atoms with van der Waals surface area (Å²) in [5.74, 6) is 0. The van der Waals surface area contributed by atoms with Crippen molar-refractivity contribution in [3.05, 3.63) is 0 Å². The Labute approximate surface area is 73.3 Å². The van der Waals surface area contributed by atoms with Crippen LogP contribution in [0.3, 0.4) is 0 Å². The normalized spacial score (nSPS) is 10.6. The first-order chi connectivity index (χ1) is 5.41. The number of unbranched alkanes of at least 4 members (excludes halogenated alkanes) is 2. The van der Waals surface area contributed by atoms with Gasteiger partial charge in [0.05, 0.1) is 0 Å². The van der Waals surface area contributed by atoms with Crippen LogP contribution >= 0.6 is 0 Å². The average Bonchev–Trinajstić information content (AvgIpc) is 2.03. The van der Waals surface area contributed by atoms with E-state index in [0.29, 0.717) is 0 Å². The first-order valence-corrected chi connectivity index (χ1v) is 5.43. The summed E-state index contributed by atoms with van der Waals surface area (Å²) in [6, 6.07) is 0. The van der Waals surface area contributed by atoms with E-state index in [1.807, 2.05) is 0 Å². The van der Waals surface area contributed by atoms with Gasteiger partial charge in [-0.25, -0.2) is 0 Å². The molecule has 0 aliphatic carbocycles. The quantitative estimate of drug-likeness (QED) is 0.427. The maximum atomic E-state index is 5.08. The summed E-state index contributed by atoms with van der Waals surface area (Å²) >= 11 is 0. The fourth-order valence-electron chi connectivity index (χ4n) is 0.923. The molecular weight excluding hydrogens is 154 g/mol. The zero-order valence-corrected chi connectivity index (χ0v) is 9.86. The van der Waals surface area contributed by atoms with Gasteiger partial charge >= 0.3 is 0 Å². The lowest BCUT2D eigenvalue weighted by molar-refractivity contribution is 0.334. The molecule has 0 amide bonds. The molecule has 11 heavy (non-hydrogen) atoms. The van der Waals surface area contributed by atoms with Crippen molar-refractivity contribution in [1.29, 1.82) is 0 Å². The van der Waals surface area contributed by atoms with E-state index in [2.05, 4.69) is 12.2 Å². The molecule has 0 fully saturated rings. The standard InChI is InChI=1S/C8H21NOSi/c1-2-3-6-9-7-4-5-8-10-11/h9H,2-8H2,1,11H3. The Bertz CT molecular complexity index is 63.1. The first kappa shape index (κ1) is 11.1. The van der Waals surface area contributed by atoms with Crippen molar-refractivity contribution in [2.24, 2.45) is 0 Å². The molecule has 0 rings (SSSR count). The predicted octanol–water partition coefficient (Wildman–Crippen LogP) is 0.453. The summed E-state index contributed by atoms with van der Waals surface area (Å²) in [5, 5.41) is 3.40. The highest BCUT2D eigenvalue weighted by Crippen LogP contribution is 1.87. The second kappa shape index (κ2) is 10.1. The molecule has 68 valence electrons. The third-order valence-corrected chi connectivity index (χ3v) is 2.07. The summed E-state index contributed by atoms with van der Waals surface area (Å²) in [4.78, 5) is 0. The Balaban J connectivity index is 2.69. The molecule has 0 saturated carbocycles. The van der Waals surface area contributed by atoms with Crippen molar-refractivity contribution in [3.8, 4) is 0 Å². The number of rotatable bonds is 8. The van der Waals surface area contributed by atoms with E-state index >= 15 is 0 Å². The second-order valence-electron chi connectivity index (χ2n) is 2.80. The molecule has 0 aromatic carbocycles. The van der Waals surface area contributed by atoms with E-state index in [1.165, 1.54) is 32.2 Å². The Morgan fingerprint density at radius 2 is 1.91 bits per heavy atom. The van der Waals surface area contributed by atoms with Crippen LogP contribution < -0.4 is 5.32 Å². The van der Waals surface area contributed by atoms with Crippen molar-refractivity contribution in [2.45, 2.75) is 32.6 Å². The summed E-state index contributed by atoms with van der Waals surface area (Å²) in [7, 11) is 0.889. The Hall–Kier alpha value is 0.137. The third-order valence-electron chi connectivity index (χ3n) is 1.66. The number of nitrogens with one attached hydrogen (secondary N) is 1. The zero-order valence-electron chi connectivity index (χ0n) is 7.86. The first-order valence-electron chi connectivity index (χ1n) is 4.61. The van der Waals surface area contributed by atoms with E-state index in [0.717, 1.165) is 23.6 Å². The lowest BCUT2D eigenvalue weighted by Gasteiger charge is -2.02. The molecule has 0 atom stereocenters. The van der Waals surface area contributed by atoms with Gasteiger partial charge in [0.1, 0.15) is 10.5 Å². The molecule has 0 bridgehead atoms.